The molecular formula is C6H6N2O3S. The van der Waals surface area contributed by atoms with Gasteiger partial charge in [-0.3, -0.25) is 4.79 Å². The standard InChI is InChI=1S/C6H6N2O3S/c1-3-4(5(10)11)12-6(8-3)7-2-9/h2H,1H3,(H,10,11)(H,7,8,9). The molecule has 1 heterocycles. The van der Waals surface area contributed by atoms with E-state index in [1.807, 2.05) is 0 Å². The topological polar surface area (TPSA) is 79.3 Å². The maximum atomic E-state index is 10.5. The summed E-state index contributed by atoms with van der Waals surface area (Å²) in [6.07, 6.45) is 0.462. The average Bonchev–Trinajstić information content (AvgIpc) is 2.32. The first-order valence-corrected chi connectivity index (χ1v) is 3.87. The number of carboxylic acid groups (broad SMARTS) is 1. The Hall–Kier alpha value is -1.43. The van der Waals surface area contributed by atoms with Crippen molar-refractivity contribution in [3.05, 3.63) is 10.6 Å². The molecule has 12 heavy (non-hydrogen) atoms. The first-order valence-electron chi connectivity index (χ1n) is 3.06. The van der Waals surface area contributed by atoms with Crippen LogP contribution in [0.15, 0.2) is 0 Å². The quantitative estimate of drug-likeness (QED) is 0.681. The zero-order valence-electron chi connectivity index (χ0n) is 6.20. The van der Waals surface area contributed by atoms with E-state index in [-0.39, 0.29) is 4.88 Å². The lowest BCUT2D eigenvalue weighted by Gasteiger charge is -1.84. The Morgan fingerprint density at radius 2 is 2.42 bits per heavy atom. The number of hydrogen-bond donors (Lipinski definition) is 2. The van der Waals surface area contributed by atoms with Crippen LogP contribution in [0.25, 0.3) is 0 Å². The zero-order chi connectivity index (χ0) is 9.14. The van der Waals surface area contributed by atoms with Crippen LogP contribution in [0, 0.1) is 6.92 Å². The molecular weight excluding hydrogens is 180 g/mol. The molecule has 0 fully saturated rings. The molecule has 1 amide bonds. The number of carbonyl (C=O) groups is 2. The lowest BCUT2D eigenvalue weighted by Crippen LogP contribution is -1.94. The van der Waals surface area contributed by atoms with Crippen LogP contribution < -0.4 is 5.32 Å². The van der Waals surface area contributed by atoms with Gasteiger partial charge in [0.25, 0.3) is 0 Å². The fraction of sp³-hybridized carbons (Fsp3) is 0.167. The molecule has 2 N–H and O–H groups in total. The molecule has 0 spiro atoms. The van der Waals surface area contributed by atoms with E-state index in [0.29, 0.717) is 17.2 Å². The Balaban J connectivity index is 2.99. The number of thiazole rings is 1. The second-order valence-corrected chi connectivity index (χ2v) is 3.00. The summed E-state index contributed by atoms with van der Waals surface area (Å²) in [7, 11) is 0. The third kappa shape index (κ3) is 1.59. The maximum absolute atomic E-state index is 10.5. The molecule has 0 saturated heterocycles. The Morgan fingerprint density at radius 3 is 2.83 bits per heavy atom. The lowest BCUT2D eigenvalue weighted by atomic mass is 10.4. The number of carboxylic acids is 1. The van der Waals surface area contributed by atoms with Gasteiger partial charge in [0.2, 0.25) is 6.41 Å². The minimum atomic E-state index is -1.02. The molecule has 1 aromatic rings. The number of amides is 1. The van der Waals surface area contributed by atoms with Gasteiger partial charge in [-0.05, 0) is 6.92 Å². The SMILES string of the molecule is Cc1nc(NC=O)sc1C(=O)O. The van der Waals surface area contributed by atoms with Crippen LogP contribution in [0.2, 0.25) is 0 Å². The maximum Gasteiger partial charge on any atom is 0.347 e. The number of aromatic nitrogens is 1. The predicted octanol–water partition coefficient (Wildman–Crippen LogP) is 0.718. The molecule has 0 atom stereocenters. The van der Waals surface area contributed by atoms with E-state index >= 15 is 0 Å². The molecule has 0 aliphatic heterocycles. The fourth-order valence-corrected chi connectivity index (χ4v) is 1.47. The van der Waals surface area contributed by atoms with Crippen molar-refractivity contribution in [1.82, 2.24) is 4.98 Å². The molecule has 6 heteroatoms. The van der Waals surface area contributed by atoms with Crippen LogP contribution in [0.1, 0.15) is 15.4 Å². The van der Waals surface area contributed by atoms with Gasteiger partial charge in [-0.1, -0.05) is 11.3 Å². The normalized spacial score (nSPS) is 9.42. The summed E-state index contributed by atoms with van der Waals surface area (Å²) in [5, 5.41) is 11.2. The summed E-state index contributed by atoms with van der Waals surface area (Å²) >= 11 is 0.939. The van der Waals surface area contributed by atoms with Crippen molar-refractivity contribution in [3.8, 4) is 0 Å². The summed E-state index contributed by atoms with van der Waals surface area (Å²) in [6, 6.07) is 0. The van der Waals surface area contributed by atoms with E-state index < -0.39 is 5.97 Å². The summed E-state index contributed by atoms with van der Waals surface area (Å²) in [4.78, 5) is 24.4. The van der Waals surface area contributed by atoms with Gasteiger partial charge in [-0.15, -0.1) is 0 Å². The van der Waals surface area contributed by atoms with Gasteiger partial charge >= 0.3 is 5.97 Å². The summed E-state index contributed by atoms with van der Waals surface area (Å²) in [5.41, 5.74) is 0.414. The highest BCUT2D eigenvalue weighted by Gasteiger charge is 2.12. The van der Waals surface area contributed by atoms with Gasteiger partial charge < -0.3 is 10.4 Å². The van der Waals surface area contributed by atoms with Gasteiger partial charge in [0.1, 0.15) is 4.88 Å². The molecule has 0 aliphatic carbocycles. The van der Waals surface area contributed by atoms with E-state index in [0.717, 1.165) is 11.3 Å². The van der Waals surface area contributed by atoms with Crippen LogP contribution in [0.3, 0.4) is 0 Å². The van der Waals surface area contributed by atoms with Crippen LogP contribution in [0.5, 0.6) is 0 Å². The predicted molar refractivity (Wildman–Crippen MR) is 43.5 cm³/mol. The van der Waals surface area contributed by atoms with Crippen molar-refractivity contribution in [2.75, 3.05) is 5.32 Å². The third-order valence-corrected chi connectivity index (χ3v) is 2.25. The molecule has 1 aromatic heterocycles. The largest absolute Gasteiger partial charge is 0.477 e. The van der Waals surface area contributed by atoms with Crippen molar-refractivity contribution in [2.45, 2.75) is 6.92 Å². The smallest absolute Gasteiger partial charge is 0.347 e. The van der Waals surface area contributed by atoms with Crippen molar-refractivity contribution in [1.29, 1.82) is 0 Å². The summed E-state index contributed by atoms with van der Waals surface area (Å²) in [6.45, 7) is 1.58. The van der Waals surface area contributed by atoms with Crippen LogP contribution in [-0.4, -0.2) is 22.5 Å². The molecule has 64 valence electrons. The number of rotatable bonds is 3. The molecule has 1 rings (SSSR count). The van der Waals surface area contributed by atoms with Gasteiger partial charge in [-0.2, -0.15) is 0 Å². The summed E-state index contributed by atoms with van der Waals surface area (Å²) in [5.74, 6) is -1.02. The van der Waals surface area contributed by atoms with Gasteiger partial charge in [-0.25, -0.2) is 9.78 Å². The van der Waals surface area contributed by atoms with Crippen molar-refractivity contribution in [2.24, 2.45) is 0 Å². The number of aryl methyl sites for hydroxylation is 1. The minimum Gasteiger partial charge on any atom is -0.477 e. The first kappa shape index (κ1) is 8.66. The lowest BCUT2D eigenvalue weighted by molar-refractivity contribution is -0.105. The van der Waals surface area contributed by atoms with Gasteiger partial charge in [0.05, 0.1) is 5.69 Å². The number of hydrogen-bond acceptors (Lipinski definition) is 4. The number of anilines is 1. The number of aromatic carboxylic acids is 1. The van der Waals surface area contributed by atoms with Crippen LogP contribution in [0.4, 0.5) is 5.13 Å². The molecule has 5 nitrogen and oxygen atoms in total. The number of carbonyl (C=O) groups excluding carboxylic acids is 1. The van der Waals surface area contributed by atoms with E-state index in [4.69, 9.17) is 5.11 Å². The van der Waals surface area contributed by atoms with Gasteiger partial charge in [0, 0.05) is 0 Å². The minimum absolute atomic E-state index is 0.152. The van der Waals surface area contributed by atoms with Crippen molar-refractivity contribution in [3.63, 3.8) is 0 Å². The van der Waals surface area contributed by atoms with E-state index in [2.05, 4.69) is 10.3 Å². The molecule has 0 saturated carbocycles. The molecule has 0 aromatic carbocycles. The summed E-state index contributed by atoms with van der Waals surface area (Å²) < 4.78 is 0. The highest BCUT2D eigenvalue weighted by atomic mass is 32.1. The van der Waals surface area contributed by atoms with E-state index in [1.165, 1.54) is 0 Å². The number of nitrogens with one attached hydrogen (secondary N) is 1. The monoisotopic (exact) mass is 186 g/mol. The Morgan fingerprint density at radius 1 is 1.75 bits per heavy atom. The highest BCUT2D eigenvalue weighted by Crippen LogP contribution is 2.21. The van der Waals surface area contributed by atoms with E-state index in [9.17, 15) is 9.59 Å². The van der Waals surface area contributed by atoms with Crippen molar-refractivity contribution >= 4 is 28.8 Å². The molecule has 0 radical (unpaired) electrons. The van der Waals surface area contributed by atoms with Crippen LogP contribution >= 0.6 is 11.3 Å². The van der Waals surface area contributed by atoms with Crippen LogP contribution in [-0.2, 0) is 4.79 Å². The fourth-order valence-electron chi connectivity index (χ4n) is 0.707. The highest BCUT2D eigenvalue weighted by molar-refractivity contribution is 7.17. The Labute approximate surface area is 72.1 Å². The Kier molecular flexibility index (Phi) is 2.39. The van der Waals surface area contributed by atoms with E-state index in [1.54, 1.807) is 6.92 Å². The second kappa shape index (κ2) is 3.31. The third-order valence-electron chi connectivity index (χ3n) is 1.17. The molecule has 0 aliphatic rings. The zero-order valence-corrected chi connectivity index (χ0v) is 7.01. The van der Waals surface area contributed by atoms with Crippen molar-refractivity contribution < 1.29 is 14.7 Å². The first-order chi connectivity index (χ1) is 5.65. The number of nitrogens with zero attached hydrogens (tertiary/aromatic N) is 1. The molecule has 0 unspecified atom stereocenters. The Bertz CT molecular complexity index is 321. The second-order valence-electron chi connectivity index (χ2n) is 2.00. The van der Waals surface area contributed by atoms with Gasteiger partial charge in [0.15, 0.2) is 5.13 Å². The average molecular weight is 186 g/mol. The molecule has 0 bridgehead atoms.